The molecule has 1 aromatic rings. The maximum Gasteiger partial charge on any atom is 0.303 e. The molecule has 16 heavy (non-hydrogen) atoms. The van der Waals surface area contributed by atoms with Gasteiger partial charge in [-0.1, -0.05) is 0 Å². The summed E-state index contributed by atoms with van der Waals surface area (Å²) in [5.74, 6) is -1.23. The molecule has 0 bridgehead atoms. The van der Waals surface area contributed by atoms with Gasteiger partial charge in [-0.2, -0.15) is 0 Å². The SMILES string of the molecule is Cc1cc(O)ccc1NC(=O)CCC(=O)O. The number of hydrogen-bond donors (Lipinski definition) is 3. The van der Waals surface area contributed by atoms with Gasteiger partial charge in [0.2, 0.25) is 5.91 Å². The molecule has 0 atom stereocenters. The molecule has 5 nitrogen and oxygen atoms in total. The Labute approximate surface area is 92.7 Å². The Kier molecular flexibility index (Phi) is 3.88. The van der Waals surface area contributed by atoms with Gasteiger partial charge in [-0.25, -0.2) is 0 Å². The summed E-state index contributed by atoms with van der Waals surface area (Å²) in [6.07, 6.45) is -0.251. The van der Waals surface area contributed by atoms with Crippen molar-refractivity contribution in [2.45, 2.75) is 19.8 Å². The summed E-state index contributed by atoms with van der Waals surface area (Å²) in [7, 11) is 0. The standard InChI is InChI=1S/C11H13NO4/c1-7-6-8(13)2-3-9(7)12-10(14)4-5-11(15)16/h2-3,6,13H,4-5H2,1H3,(H,12,14)(H,15,16). The maximum absolute atomic E-state index is 11.3. The van der Waals surface area contributed by atoms with Gasteiger partial charge in [0, 0.05) is 12.1 Å². The van der Waals surface area contributed by atoms with Crippen molar-refractivity contribution in [2.75, 3.05) is 5.32 Å². The Balaban J connectivity index is 2.59. The summed E-state index contributed by atoms with van der Waals surface area (Å²) in [4.78, 5) is 21.6. The maximum atomic E-state index is 11.3. The van der Waals surface area contributed by atoms with Crippen molar-refractivity contribution in [1.29, 1.82) is 0 Å². The van der Waals surface area contributed by atoms with Crippen molar-refractivity contribution in [3.63, 3.8) is 0 Å². The molecule has 86 valence electrons. The molecule has 0 unspecified atom stereocenters. The van der Waals surface area contributed by atoms with Crippen LogP contribution in [0.3, 0.4) is 0 Å². The molecule has 0 heterocycles. The Morgan fingerprint density at radius 3 is 2.56 bits per heavy atom. The van der Waals surface area contributed by atoms with Crippen LogP contribution in [0.25, 0.3) is 0 Å². The number of benzene rings is 1. The first-order valence-electron chi connectivity index (χ1n) is 4.80. The van der Waals surface area contributed by atoms with E-state index in [1.165, 1.54) is 12.1 Å². The zero-order valence-electron chi connectivity index (χ0n) is 8.86. The van der Waals surface area contributed by atoms with E-state index in [0.29, 0.717) is 5.69 Å². The molecular weight excluding hydrogens is 210 g/mol. The number of rotatable bonds is 4. The predicted octanol–water partition coefficient (Wildman–Crippen LogP) is 1.50. The summed E-state index contributed by atoms with van der Waals surface area (Å²) in [6.45, 7) is 1.74. The summed E-state index contributed by atoms with van der Waals surface area (Å²) in [5, 5.41) is 20.1. The van der Waals surface area contributed by atoms with Crippen molar-refractivity contribution in [3.8, 4) is 5.75 Å². The monoisotopic (exact) mass is 223 g/mol. The first-order valence-corrected chi connectivity index (χ1v) is 4.80. The van der Waals surface area contributed by atoms with Crippen LogP contribution >= 0.6 is 0 Å². The first kappa shape index (κ1) is 12.0. The van der Waals surface area contributed by atoms with E-state index in [0.717, 1.165) is 5.56 Å². The number of hydrogen-bond acceptors (Lipinski definition) is 3. The normalized spacial score (nSPS) is 9.81. The van der Waals surface area contributed by atoms with Gasteiger partial charge >= 0.3 is 5.97 Å². The molecular formula is C11H13NO4. The summed E-state index contributed by atoms with van der Waals surface area (Å²) in [6, 6.07) is 4.55. The van der Waals surface area contributed by atoms with E-state index in [-0.39, 0.29) is 24.5 Å². The quantitative estimate of drug-likeness (QED) is 0.675. The minimum Gasteiger partial charge on any atom is -0.508 e. The summed E-state index contributed by atoms with van der Waals surface area (Å²) >= 11 is 0. The molecule has 0 radical (unpaired) electrons. The van der Waals surface area contributed by atoms with Gasteiger partial charge in [-0.05, 0) is 30.7 Å². The summed E-state index contributed by atoms with van der Waals surface area (Å²) in [5.41, 5.74) is 1.30. The zero-order valence-corrected chi connectivity index (χ0v) is 8.86. The fraction of sp³-hybridized carbons (Fsp3) is 0.273. The van der Waals surface area contributed by atoms with E-state index < -0.39 is 5.97 Å². The molecule has 1 rings (SSSR count). The molecule has 3 N–H and O–H groups in total. The number of carbonyl (C=O) groups is 2. The average molecular weight is 223 g/mol. The second kappa shape index (κ2) is 5.16. The number of carboxylic acids is 1. The lowest BCUT2D eigenvalue weighted by atomic mass is 10.2. The lowest BCUT2D eigenvalue weighted by Gasteiger charge is -2.07. The van der Waals surface area contributed by atoms with E-state index >= 15 is 0 Å². The molecule has 1 aromatic carbocycles. The van der Waals surface area contributed by atoms with E-state index in [1.54, 1.807) is 13.0 Å². The van der Waals surface area contributed by atoms with E-state index in [2.05, 4.69) is 5.32 Å². The van der Waals surface area contributed by atoms with Crippen LogP contribution in [0.4, 0.5) is 5.69 Å². The van der Waals surface area contributed by atoms with Crippen LogP contribution in [-0.2, 0) is 9.59 Å². The number of nitrogens with one attached hydrogen (secondary N) is 1. The molecule has 5 heteroatoms. The minimum atomic E-state index is -1.00. The van der Waals surface area contributed by atoms with Gasteiger partial charge < -0.3 is 15.5 Å². The molecule has 0 aromatic heterocycles. The topological polar surface area (TPSA) is 86.6 Å². The molecule has 0 saturated carbocycles. The highest BCUT2D eigenvalue weighted by molar-refractivity contribution is 5.93. The number of aryl methyl sites for hydroxylation is 1. The molecule has 0 fully saturated rings. The van der Waals surface area contributed by atoms with Crippen molar-refractivity contribution >= 4 is 17.6 Å². The van der Waals surface area contributed by atoms with E-state index in [9.17, 15) is 9.59 Å². The van der Waals surface area contributed by atoms with E-state index in [4.69, 9.17) is 10.2 Å². The molecule has 0 spiro atoms. The fourth-order valence-corrected chi connectivity index (χ4v) is 1.22. The second-order valence-corrected chi connectivity index (χ2v) is 3.44. The predicted molar refractivity (Wildman–Crippen MR) is 58.3 cm³/mol. The molecule has 0 aliphatic carbocycles. The van der Waals surface area contributed by atoms with Gasteiger partial charge in [0.15, 0.2) is 0 Å². The van der Waals surface area contributed by atoms with Crippen molar-refractivity contribution in [3.05, 3.63) is 23.8 Å². The van der Waals surface area contributed by atoms with Crippen LogP contribution in [0, 0.1) is 6.92 Å². The number of carboxylic acid groups (broad SMARTS) is 1. The number of aromatic hydroxyl groups is 1. The van der Waals surface area contributed by atoms with E-state index in [1.807, 2.05) is 0 Å². The summed E-state index contributed by atoms with van der Waals surface area (Å²) < 4.78 is 0. The second-order valence-electron chi connectivity index (χ2n) is 3.44. The van der Waals surface area contributed by atoms with Gasteiger partial charge in [0.1, 0.15) is 5.75 Å². The smallest absolute Gasteiger partial charge is 0.303 e. The van der Waals surface area contributed by atoms with Crippen LogP contribution in [0.15, 0.2) is 18.2 Å². The number of amides is 1. The number of phenols is 1. The lowest BCUT2D eigenvalue weighted by Crippen LogP contribution is -2.13. The average Bonchev–Trinajstić information content (AvgIpc) is 2.19. The van der Waals surface area contributed by atoms with Crippen LogP contribution < -0.4 is 5.32 Å². The Hall–Kier alpha value is -2.04. The molecule has 0 aliphatic heterocycles. The molecule has 0 saturated heterocycles. The third-order valence-corrected chi connectivity index (χ3v) is 2.05. The first-order chi connectivity index (χ1) is 7.49. The number of carbonyl (C=O) groups excluding carboxylic acids is 1. The zero-order chi connectivity index (χ0) is 12.1. The third-order valence-electron chi connectivity index (χ3n) is 2.05. The lowest BCUT2D eigenvalue weighted by molar-refractivity contribution is -0.138. The number of aliphatic carboxylic acids is 1. The third kappa shape index (κ3) is 3.61. The number of anilines is 1. The fourth-order valence-electron chi connectivity index (χ4n) is 1.22. The minimum absolute atomic E-state index is 0.0599. The van der Waals surface area contributed by atoms with Gasteiger partial charge in [-0.15, -0.1) is 0 Å². The van der Waals surface area contributed by atoms with Crippen molar-refractivity contribution in [1.82, 2.24) is 0 Å². The highest BCUT2D eigenvalue weighted by atomic mass is 16.4. The van der Waals surface area contributed by atoms with Gasteiger partial charge in [-0.3, -0.25) is 9.59 Å². The van der Waals surface area contributed by atoms with Crippen molar-refractivity contribution < 1.29 is 19.8 Å². The van der Waals surface area contributed by atoms with Crippen LogP contribution in [0.1, 0.15) is 18.4 Å². The highest BCUT2D eigenvalue weighted by Gasteiger charge is 2.07. The van der Waals surface area contributed by atoms with Crippen LogP contribution in [0.5, 0.6) is 5.75 Å². The Morgan fingerprint density at radius 1 is 1.31 bits per heavy atom. The van der Waals surface area contributed by atoms with Gasteiger partial charge in [0.05, 0.1) is 6.42 Å². The van der Waals surface area contributed by atoms with Crippen LogP contribution in [0.2, 0.25) is 0 Å². The highest BCUT2D eigenvalue weighted by Crippen LogP contribution is 2.20. The molecule has 0 aliphatic rings. The molecule has 1 amide bonds. The van der Waals surface area contributed by atoms with Gasteiger partial charge in [0.25, 0.3) is 0 Å². The van der Waals surface area contributed by atoms with Crippen molar-refractivity contribution in [2.24, 2.45) is 0 Å². The number of phenolic OH excluding ortho intramolecular Hbond substituents is 1. The largest absolute Gasteiger partial charge is 0.508 e. The van der Waals surface area contributed by atoms with Crippen LogP contribution in [-0.4, -0.2) is 22.1 Å². The Bertz CT molecular complexity index is 414. The Morgan fingerprint density at radius 2 is 2.00 bits per heavy atom.